The van der Waals surface area contributed by atoms with Crippen LogP contribution in [0, 0.1) is 0 Å². The smallest absolute Gasteiger partial charge is 0.203 e. The molecule has 0 radical (unpaired) electrons. The van der Waals surface area contributed by atoms with Gasteiger partial charge in [-0.1, -0.05) is 30.3 Å². The van der Waals surface area contributed by atoms with E-state index in [2.05, 4.69) is 47.9 Å². The first-order chi connectivity index (χ1) is 14.7. The summed E-state index contributed by atoms with van der Waals surface area (Å²) in [5.74, 6) is 2.18. The monoisotopic (exact) mass is 412 g/mol. The van der Waals surface area contributed by atoms with Crippen LogP contribution in [0.15, 0.2) is 42.5 Å². The molecule has 1 unspecified atom stereocenters. The molecule has 2 aromatic rings. The summed E-state index contributed by atoms with van der Waals surface area (Å²) >= 11 is 0. The van der Waals surface area contributed by atoms with Crippen molar-refractivity contribution in [2.75, 3.05) is 40.1 Å². The van der Waals surface area contributed by atoms with Crippen LogP contribution in [-0.4, -0.2) is 45.6 Å². The average molecular weight is 413 g/mol. The first-order valence-corrected chi connectivity index (χ1v) is 10.8. The lowest BCUT2D eigenvalue weighted by Gasteiger charge is -2.41. The summed E-state index contributed by atoms with van der Waals surface area (Å²) in [6.07, 6.45) is 1.98. The fraction of sp³-hybridized carbons (Fsp3) is 0.500. The Hall–Kier alpha value is -2.28. The average Bonchev–Trinajstić information content (AvgIpc) is 2.79. The number of methoxy groups -OCH3 is 1. The second-order valence-corrected chi connectivity index (χ2v) is 8.10. The number of fused-ring (bicyclic) bond motifs is 1. The zero-order valence-corrected chi connectivity index (χ0v) is 17.9. The predicted molar refractivity (Wildman–Crippen MR) is 116 cm³/mol. The summed E-state index contributed by atoms with van der Waals surface area (Å²) in [4.78, 5) is 0. The number of hydrogen-bond acceptors (Lipinski definition) is 6. The maximum absolute atomic E-state index is 5.76. The standard InChI is InChI=1S/C24H32N2O4/c1-18(20-6-4-3-5-7-20)26-24(8-10-28-11-9-24)17-25-16-19-14-21(27-2)23-22(15-19)29-12-13-30-23/h3-7,14-15,18,25-26H,8-13,16-17H2,1-2H3. The normalized spacial score (nSPS) is 18.6. The van der Waals surface area contributed by atoms with E-state index < -0.39 is 0 Å². The molecule has 162 valence electrons. The highest BCUT2D eigenvalue weighted by atomic mass is 16.6. The van der Waals surface area contributed by atoms with Gasteiger partial charge in [0.15, 0.2) is 11.5 Å². The number of ether oxygens (including phenoxy) is 4. The Balaban J connectivity index is 1.42. The van der Waals surface area contributed by atoms with Crippen molar-refractivity contribution >= 4 is 0 Å². The summed E-state index contributed by atoms with van der Waals surface area (Å²) in [6.45, 7) is 6.52. The molecular formula is C24H32N2O4. The fourth-order valence-corrected chi connectivity index (χ4v) is 4.29. The molecule has 2 aromatic carbocycles. The molecule has 1 saturated heterocycles. The Labute approximate surface area is 178 Å². The Bertz CT molecular complexity index is 804. The Morgan fingerprint density at radius 1 is 1.03 bits per heavy atom. The highest BCUT2D eigenvalue weighted by molar-refractivity contribution is 5.54. The van der Waals surface area contributed by atoms with Gasteiger partial charge in [-0.05, 0) is 43.0 Å². The lowest BCUT2D eigenvalue weighted by atomic mass is 9.88. The lowest BCUT2D eigenvalue weighted by molar-refractivity contribution is 0.0337. The zero-order chi connectivity index (χ0) is 20.8. The maximum atomic E-state index is 5.76. The minimum absolute atomic E-state index is 0.00537. The molecule has 6 heteroatoms. The summed E-state index contributed by atoms with van der Waals surface area (Å²) in [6, 6.07) is 15.0. The van der Waals surface area contributed by atoms with Crippen molar-refractivity contribution in [2.24, 2.45) is 0 Å². The minimum atomic E-state index is 0.00537. The zero-order valence-electron chi connectivity index (χ0n) is 17.9. The Morgan fingerprint density at radius 3 is 2.57 bits per heavy atom. The van der Waals surface area contributed by atoms with Gasteiger partial charge in [0.1, 0.15) is 13.2 Å². The molecule has 1 atom stereocenters. The highest BCUT2D eigenvalue weighted by Gasteiger charge is 2.33. The van der Waals surface area contributed by atoms with Crippen LogP contribution < -0.4 is 24.8 Å². The predicted octanol–water partition coefficient (Wildman–Crippen LogP) is 3.46. The molecule has 0 bridgehead atoms. The van der Waals surface area contributed by atoms with Gasteiger partial charge in [0.2, 0.25) is 5.75 Å². The lowest BCUT2D eigenvalue weighted by Crippen LogP contribution is -2.56. The first-order valence-electron chi connectivity index (χ1n) is 10.8. The molecule has 4 rings (SSSR count). The van der Waals surface area contributed by atoms with Gasteiger partial charge in [-0.25, -0.2) is 0 Å². The van der Waals surface area contributed by atoms with E-state index in [0.717, 1.165) is 56.2 Å². The van der Waals surface area contributed by atoms with Gasteiger partial charge in [-0.3, -0.25) is 0 Å². The molecule has 2 heterocycles. The molecule has 2 N–H and O–H groups in total. The van der Waals surface area contributed by atoms with Crippen molar-refractivity contribution in [3.8, 4) is 17.2 Å². The molecule has 0 spiro atoms. The van der Waals surface area contributed by atoms with Crippen LogP contribution in [0.2, 0.25) is 0 Å². The maximum Gasteiger partial charge on any atom is 0.203 e. The molecule has 0 amide bonds. The minimum Gasteiger partial charge on any atom is -0.493 e. The molecule has 2 aliphatic rings. The Kier molecular flexibility index (Phi) is 6.77. The summed E-state index contributed by atoms with van der Waals surface area (Å²) in [7, 11) is 1.66. The number of nitrogens with one attached hydrogen (secondary N) is 2. The summed E-state index contributed by atoms with van der Waals surface area (Å²) < 4.78 is 22.6. The van der Waals surface area contributed by atoms with Crippen molar-refractivity contribution in [1.29, 1.82) is 0 Å². The van der Waals surface area contributed by atoms with Gasteiger partial charge in [0.05, 0.1) is 7.11 Å². The second kappa shape index (κ2) is 9.69. The van der Waals surface area contributed by atoms with E-state index in [9.17, 15) is 0 Å². The van der Waals surface area contributed by atoms with E-state index >= 15 is 0 Å². The van der Waals surface area contributed by atoms with Crippen molar-refractivity contribution < 1.29 is 18.9 Å². The van der Waals surface area contributed by atoms with Crippen molar-refractivity contribution in [1.82, 2.24) is 10.6 Å². The molecule has 0 aromatic heterocycles. The number of benzene rings is 2. The quantitative estimate of drug-likeness (QED) is 0.693. The first kappa shape index (κ1) is 21.0. The van der Waals surface area contributed by atoms with E-state index in [1.165, 1.54) is 5.56 Å². The SMILES string of the molecule is COc1cc(CNCC2(NC(C)c3ccccc3)CCOCC2)cc2c1OCCO2. The summed E-state index contributed by atoms with van der Waals surface area (Å²) in [5, 5.41) is 7.55. The molecule has 2 aliphatic heterocycles. The molecule has 1 fully saturated rings. The summed E-state index contributed by atoms with van der Waals surface area (Å²) in [5.41, 5.74) is 2.43. The highest BCUT2D eigenvalue weighted by Crippen LogP contribution is 2.40. The van der Waals surface area contributed by atoms with Gasteiger partial charge < -0.3 is 29.6 Å². The van der Waals surface area contributed by atoms with Gasteiger partial charge in [-0.2, -0.15) is 0 Å². The van der Waals surface area contributed by atoms with Crippen LogP contribution in [0.25, 0.3) is 0 Å². The molecule has 6 nitrogen and oxygen atoms in total. The van der Waals surface area contributed by atoms with Crippen molar-refractivity contribution in [2.45, 2.75) is 37.9 Å². The van der Waals surface area contributed by atoms with E-state index in [0.29, 0.717) is 19.0 Å². The van der Waals surface area contributed by atoms with Crippen LogP contribution in [-0.2, 0) is 11.3 Å². The van der Waals surface area contributed by atoms with Crippen LogP contribution in [0.5, 0.6) is 17.2 Å². The van der Waals surface area contributed by atoms with Gasteiger partial charge in [-0.15, -0.1) is 0 Å². The van der Waals surface area contributed by atoms with E-state index in [-0.39, 0.29) is 11.6 Å². The van der Waals surface area contributed by atoms with Crippen molar-refractivity contribution in [3.05, 3.63) is 53.6 Å². The Morgan fingerprint density at radius 2 is 1.80 bits per heavy atom. The third-order valence-electron chi connectivity index (χ3n) is 5.95. The van der Waals surface area contributed by atoms with E-state index in [1.54, 1.807) is 7.11 Å². The van der Waals surface area contributed by atoms with E-state index in [4.69, 9.17) is 18.9 Å². The molecule has 30 heavy (non-hydrogen) atoms. The van der Waals surface area contributed by atoms with Crippen molar-refractivity contribution in [3.63, 3.8) is 0 Å². The third-order valence-corrected chi connectivity index (χ3v) is 5.95. The molecule has 0 saturated carbocycles. The fourth-order valence-electron chi connectivity index (χ4n) is 4.29. The van der Waals surface area contributed by atoms with Gasteiger partial charge >= 0.3 is 0 Å². The number of hydrogen-bond donors (Lipinski definition) is 2. The van der Waals surface area contributed by atoms with E-state index in [1.807, 2.05) is 12.1 Å². The topological polar surface area (TPSA) is 61.0 Å². The third kappa shape index (κ3) is 4.89. The molecular weight excluding hydrogens is 380 g/mol. The largest absolute Gasteiger partial charge is 0.493 e. The van der Waals surface area contributed by atoms with Gasteiger partial charge in [0, 0.05) is 37.9 Å². The second-order valence-electron chi connectivity index (χ2n) is 8.10. The number of rotatable bonds is 8. The van der Waals surface area contributed by atoms with Crippen LogP contribution in [0.1, 0.15) is 36.9 Å². The molecule has 0 aliphatic carbocycles. The van der Waals surface area contributed by atoms with Gasteiger partial charge in [0.25, 0.3) is 0 Å². The van der Waals surface area contributed by atoms with Crippen LogP contribution >= 0.6 is 0 Å². The van der Waals surface area contributed by atoms with Crippen LogP contribution in [0.3, 0.4) is 0 Å². The van der Waals surface area contributed by atoms with Crippen LogP contribution in [0.4, 0.5) is 0 Å².